The van der Waals surface area contributed by atoms with Gasteiger partial charge < -0.3 is 10.0 Å². The van der Waals surface area contributed by atoms with Gasteiger partial charge in [0.1, 0.15) is 0 Å². The van der Waals surface area contributed by atoms with Crippen LogP contribution >= 0.6 is 0 Å². The standard InChI is InChI=1S/C23H29NO2/c1-18(25)22(20-13-7-3-8-14-20)24(17-19-11-5-2-6-12-19)23(26)21-15-9-4-10-16-21/h2-3,5-8,11-14,18,21-22,25H,4,9-10,15-17H2,1H3/t18?,22-/m0/s1. The Balaban J connectivity index is 1.93. The summed E-state index contributed by atoms with van der Waals surface area (Å²) in [6.07, 6.45) is 4.77. The minimum Gasteiger partial charge on any atom is -0.391 e. The number of aliphatic hydroxyl groups excluding tert-OH is 1. The smallest absolute Gasteiger partial charge is 0.226 e. The Morgan fingerprint density at radius 2 is 1.58 bits per heavy atom. The van der Waals surface area contributed by atoms with E-state index in [0.29, 0.717) is 6.54 Å². The molecule has 1 saturated carbocycles. The highest BCUT2D eigenvalue weighted by Gasteiger charge is 2.33. The molecule has 0 saturated heterocycles. The van der Waals surface area contributed by atoms with Gasteiger partial charge >= 0.3 is 0 Å². The van der Waals surface area contributed by atoms with Crippen LogP contribution in [-0.2, 0) is 11.3 Å². The summed E-state index contributed by atoms with van der Waals surface area (Å²) in [6.45, 7) is 2.31. The molecule has 0 bridgehead atoms. The molecule has 0 spiro atoms. The minimum atomic E-state index is -0.631. The van der Waals surface area contributed by atoms with Gasteiger partial charge in [0.05, 0.1) is 12.1 Å². The van der Waals surface area contributed by atoms with Gasteiger partial charge in [0.25, 0.3) is 0 Å². The Bertz CT molecular complexity index is 678. The summed E-state index contributed by atoms with van der Waals surface area (Å²) in [6, 6.07) is 19.7. The van der Waals surface area contributed by atoms with Gasteiger partial charge in [-0.3, -0.25) is 4.79 Å². The van der Waals surface area contributed by atoms with Crippen LogP contribution in [0.25, 0.3) is 0 Å². The highest BCUT2D eigenvalue weighted by Crippen LogP contribution is 2.32. The van der Waals surface area contributed by atoms with Gasteiger partial charge in [0, 0.05) is 12.5 Å². The van der Waals surface area contributed by atoms with E-state index in [0.717, 1.165) is 36.8 Å². The summed E-state index contributed by atoms with van der Waals surface area (Å²) < 4.78 is 0. The van der Waals surface area contributed by atoms with Gasteiger partial charge in [-0.1, -0.05) is 79.9 Å². The molecule has 1 unspecified atom stereocenters. The van der Waals surface area contributed by atoms with E-state index in [2.05, 4.69) is 0 Å². The van der Waals surface area contributed by atoms with Crippen molar-refractivity contribution >= 4 is 5.91 Å². The fourth-order valence-corrected chi connectivity index (χ4v) is 4.05. The highest BCUT2D eigenvalue weighted by molar-refractivity contribution is 5.79. The zero-order valence-corrected chi connectivity index (χ0v) is 15.6. The molecule has 2 aromatic rings. The average Bonchev–Trinajstić information content (AvgIpc) is 2.69. The first-order valence-electron chi connectivity index (χ1n) is 9.74. The van der Waals surface area contributed by atoms with Crippen LogP contribution in [0.2, 0.25) is 0 Å². The molecule has 3 nitrogen and oxygen atoms in total. The fraction of sp³-hybridized carbons (Fsp3) is 0.435. The van der Waals surface area contributed by atoms with Gasteiger partial charge in [-0.25, -0.2) is 0 Å². The third-order valence-electron chi connectivity index (χ3n) is 5.37. The first-order chi connectivity index (χ1) is 12.7. The zero-order valence-electron chi connectivity index (χ0n) is 15.6. The summed E-state index contributed by atoms with van der Waals surface area (Å²) in [5, 5.41) is 10.6. The van der Waals surface area contributed by atoms with E-state index >= 15 is 0 Å². The molecule has 2 aromatic carbocycles. The fourth-order valence-electron chi connectivity index (χ4n) is 4.05. The predicted molar refractivity (Wildman–Crippen MR) is 104 cm³/mol. The van der Waals surface area contributed by atoms with E-state index in [4.69, 9.17) is 0 Å². The maximum atomic E-state index is 13.4. The van der Waals surface area contributed by atoms with Crippen LogP contribution in [0.3, 0.4) is 0 Å². The van der Waals surface area contributed by atoms with Crippen LogP contribution in [0.4, 0.5) is 0 Å². The predicted octanol–water partition coefficient (Wildman–Crippen LogP) is 4.72. The largest absolute Gasteiger partial charge is 0.391 e. The Morgan fingerprint density at radius 1 is 1.00 bits per heavy atom. The van der Waals surface area contributed by atoms with E-state index in [-0.39, 0.29) is 17.9 Å². The van der Waals surface area contributed by atoms with Gasteiger partial charge in [-0.15, -0.1) is 0 Å². The van der Waals surface area contributed by atoms with E-state index in [1.807, 2.05) is 65.6 Å². The minimum absolute atomic E-state index is 0.0809. The van der Waals surface area contributed by atoms with Crippen LogP contribution in [0.5, 0.6) is 0 Å². The number of benzene rings is 2. The Morgan fingerprint density at radius 3 is 2.15 bits per heavy atom. The van der Waals surface area contributed by atoms with E-state index in [9.17, 15) is 9.90 Å². The van der Waals surface area contributed by atoms with Crippen molar-refractivity contribution in [2.45, 2.75) is 57.7 Å². The zero-order chi connectivity index (χ0) is 18.4. The molecule has 26 heavy (non-hydrogen) atoms. The molecule has 2 atom stereocenters. The van der Waals surface area contributed by atoms with Crippen molar-refractivity contribution in [1.82, 2.24) is 4.90 Å². The van der Waals surface area contributed by atoms with Gasteiger partial charge in [-0.05, 0) is 30.9 Å². The van der Waals surface area contributed by atoms with Crippen molar-refractivity contribution in [2.75, 3.05) is 0 Å². The lowest BCUT2D eigenvalue weighted by molar-refractivity contribution is -0.142. The van der Waals surface area contributed by atoms with Crippen LogP contribution in [-0.4, -0.2) is 22.0 Å². The molecule has 1 fully saturated rings. The first-order valence-corrected chi connectivity index (χ1v) is 9.74. The molecule has 1 amide bonds. The number of aliphatic hydroxyl groups is 1. The van der Waals surface area contributed by atoms with E-state index in [1.165, 1.54) is 6.42 Å². The van der Waals surface area contributed by atoms with Crippen molar-refractivity contribution in [3.8, 4) is 0 Å². The summed E-state index contributed by atoms with van der Waals surface area (Å²) in [5.41, 5.74) is 2.08. The lowest BCUT2D eigenvalue weighted by Gasteiger charge is -2.37. The molecule has 0 heterocycles. The second kappa shape index (κ2) is 9.00. The topological polar surface area (TPSA) is 40.5 Å². The number of carbonyl (C=O) groups is 1. The molecule has 3 heteroatoms. The van der Waals surface area contributed by atoms with Crippen LogP contribution in [0, 0.1) is 5.92 Å². The molecule has 0 radical (unpaired) electrons. The molecule has 1 aliphatic carbocycles. The lowest BCUT2D eigenvalue weighted by Crippen LogP contribution is -2.43. The summed E-state index contributed by atoms with van der Waals surface area (Å²) >= 11 is 0. The van der Waals surface area contributed by atoms with Crippen LogP contribution in [0.15, 0.2) is 60.7 Å². The molecular formula is C23H29NO2. The molecule has 0 aromatic heterocycles. The number of hydrogen-bond donors (Lipinski definition) is 1. The number of amides is 1. The second-order valence-electron chi connectivity index (χ2n) is 7.38. The van der Waals surface area contributed by atoms with Crippen LogP contribution < -0.4 is 0 Å². The van der Waals surface area contributed by atoms with Crippen molar-refractivity contribution in [2.24, 2.45) is 5.92 Å². The van der Waals surface area contributed by atoms with Gasteiger partial charge in [0.2, 0.25) is 5.91 Å². The average molecular weight is 351 g/mol. The maximum absolute atomic E-state index is 13.4. The second-order valence-corrected chi connectivity index (χ2v) is 7.38. The van der Waals surface area contributed by atoms with E-state index < -0.39 is 6.10 Å². The number of carbonyl (C=O) groups excluding carboxylic acids is 1. The van der Waals surface area contributed by atoms with Gasteiger partial charge in [-0.2, -0.15) is 0 Å². The monoisotopic (exact) mass is 351 g/mol. The summed E-state index contributed by atoms with van der Waals surface area (Å²) in [7, 11) is 0. The molecule has 138 valence electrons. The Kier molecular flexibility index (Phi) is 6.45. The number of hydrogen-bond acceptors (Lipinski definition) is 2. The summed E-state index contributed by atoms with van der Waals surface area (Å²) in [5.74, 6) is 0.265. The molecule has 0 aliphatic heterocycles. The maximum Gasteiger partial charge on any atom is 0.226 e. The normalized spacial score (nSPS) is 17.5. The molecule has 3 rings (SSSR count). The van der Waals surface area contributed by atoms with Crippen LogP contribution in [0.1, 0.15) is 56.2 Å². The Labute approximate surface area is 156 Å². The molecule has 1 aliphatic rings. The lowest BCUT2D eigenvalue weighted by atomic mass is 9.87. The molecule has 1 N–H and O–H groups in total. The quantitative estimate of drug-likeness (QED) is 0.818. The highest BCUT2D eigenvalue weighted by atomic mass is 16.3. The SMILES string of the molecule is CC(O)[C@@H](c1ccccc1)N(Cc1ccccc1)C(=O)C1CCCCC1. The Hall–Kier alpha value is -2.13. The van der Waals surface area contributed by atoms with Crippen molar-refractivity contribution in [3.05, 3.63) is 71.8 Å². The van der Waals surface area contributed by atoms with Crippen molar-refractivity contribution < 1.29 is 9.90 Å². The van der Waals surface area contributed by atoms with E-state index in [1.54, 1.807) is 6.92 Å². The van der Waals surface area contributed by atoms with Crippen molar-refractivity contribution in [3.63, 3.8) is 0 Å². The van der Waals surface area contributed by atoms with Crippen molar-refractivity contribution in [1.29, 1.82) is 0 Å². The number of nitrogens with zero attached hydrogens (tertiary/aromatic N) is 1. The summed E-state index contributed by atoms with van der Waals surface area (Å²) in [4.78, 5) is 15.3. The third kappa shape index (κ3) is 4.53. The van der Waals surface area contributed by atoms with Gasteiger partial charge in [0.15, 0.2) is 0 Å². The first kappa shape index (κ1) is 18.7. The number of rotatable bonds is 6. The molecular weight excluding hydrogens is 322 g/mol. The third-order valence-corrected chi connectivity index (χ3v) is 5.37.